The third kappa shape index (κ3) is 2.92. The third-order valence-corrected chi connectivity index (χ3v) is 4.13. The highest BCUT2D eigenvalue weighted by Gasteiger charge is 2.18. The Kier molecular flexibility index (Phi) is 4.31. The molecule has 2 rings (SSSR count). The van der Waals surface area contributed by atoms with E-state index in [-0.39, 0.29) is 5.78 Å². The van der Waals surface area contributed by atoms with Crippen LogP contribution >= 0.6 is 0 Å². The van der Waals surface area contributed by atoms with Gasteiger partial charge in [-0.15, -0.1) is 0 Å². The summed E-state index contributed by atoms with van der Waals surface area (Å²) in [6.45, 7) is 12.9. The lowest BCUT2D eigenvalue weighted by molar-refractivity contribution is 0.0987. The summed E-state index contributed by atoms with van der Waals surface area (Å²) in [5, 5.41) is 4.57. The van der Waals surface area contributed by atoms with Gasteiger partial charge in [-0.3, -0.25) is 9.48 Å². The number of aryl methyl sites for hydroxylation is 4. The summed E-state index contributed by atoms with van der Waals surface area (Å²) in [6.07, 6.45) is 0.524. The SMILES string of the molecule is CCC(=O)c1c(C)nn(Cc2c(C)cc(C)cc2C)c1C. The van der Waals surface area contributed by atoms with E-state index in [1.165, 1.54) is 22.3 Å². The number of benzene rings is 1. The molecule has 21 heavy (non-hydrogen) atoms. The van der Waals surface area contributed by atoms with E-state index in [1.807, 2.05) is 25.5 Å². The Morgan fingerprint density at radius 1 is 1.10 bits per heavy atom. The van der Waals surface area contributed by atoms with Crippen molar-refractivity contribution in [2.24, 2.45) is 0 Å². The fourth-order valence-corrected chi connectivity index (χ4v) is 3.04. The van der Waals surface area contributed by atoms with Crippen LogP contribution in [0.15, 0.2) is 12.1 Å². The molecule has 0 spiro atoms. The molecule has 0 atom stereocenters. The molecule has 3 heteroatoms. The van der Waals surface area contributed by atoms with Crippen LogP contribution in [0, 0.1) is 34.6 Å². The first kappa shape index (κ1) is 15.5. The van der Waals surface area contributed by atoms with E-state index in [0.717, 1.165) is 23.5 Å². The van der Waals surface area contributed by atoms with E-state index in [1.54, 1.807) is 0 Å². The zero-order chi connectivity index (χ0) is 15.7. The van der Waals surface area contributed by atoms with Crippen LogP contribution < -0.4 is 0 Å². The Balaban J connectivity index is 2.44. The first-order valence-electron chi connectivity index (χ1n) is 7.49. The second kappa shape index (κ2) is 5.84. The number of rotatable bonds is 4. The van der Waals surface area contributed by atoms with Gasteiger partial charge in [-0.1, -0.05) is 24.6 Å². The first-order chi connectivity index (χ1) is 9.85. The molecule has 0 amide bonds. The van der Waals surface area contributed by atoms with Crippen LogP contribution in [0.5, 0.6) is 0 Å². The highest BCUT2D eigenvalue weighted by atomic mass is 16.1. The molecule has 0 aliphatic heterocycles. The van der Waals surface area contributed by atoms with Gasteiger partial charge in [-0.05, 0) is 51.3 Å². The van der Waals surface area contributed by atoms with E-state index < -0.39 is 0 Å². The van der Waals surface area contributed by atoms with E-state index >= 15 is 0 Å². The highest BCUT2D eigenvalue weighted by molar-refractivity contribution is 5.97. The molecule has 1 aromatic heterocycles. The van der Waals surface area contributed by atoms with Crippen LogP contribution in [-0.4, -0.2) is 15.6 Å². The molecule has 0 aliphatic rings. The van der Waals surface area contributed by atoms with Gasteiger partial charge in [-0.2, -0.15) is 5.10 Å². The molecule has 0 N–H and O–H groups in total. The standard InChI is InChI=1S/C18H24N2O/c1-7-17(21)18-14(5)19-20(15(18)6)10-16-12(3)8-11(2)9-13(16)4/h8-9H,7,10H2,1-6H3. The smallest absolute Gasteiger partial charge is 0.166 e. The van der Waals surface area contributed by atoms with Crippen LogP contribution in [0.2, 0.25) is 0 Å². The van der Waals surface area contributed by atoms with Gasteiger partial charge in [0.1, 0.15) is 0 Å². The molecule has 0 aliphatic carbocycles. The predicted molar refractivity (Wildman–Crippen MR) is 86.1 cm³/mol. The van der Waals surface area contributed by atoms with E-state index in [2.05, 4.69) is 38.0 Å². The number of aromatic nitrogens is 2. The molecule has 0 bridgehead atoms. The highest BCUT2D eigenvalue weighted by Crippen LogP contribution is 2.21. The van der Waals surface area contributed by atoms with Crippen molar-refractivity contribution in [2.75, 3.05) is 0 Å². The topological polar surface area (TPSA) is 34.9 Å². The summed E-state index contributed by atoms with van der Waals surface area (Å²) in [4.78, 5) is 12.0. The Morgan fingerprint density at radius 3 is 2.19 bits per heavy atom. The molecular formula is C18H24N2O. The van der Waals surface area contributed by atoms with Crippen molar-refractivity contribution < 1.29 is 4.79 Å². The summed E-state index contributed by atoms with van der Waals surface area (Å²) >= 11 is 0. The van der Waals surface area contributed by atoms with Crippen LogP contribution in [-0.2, 0) is 6.54 Å². The average Bonchev–Trinajstić information content (AvgIpc) is 2.68. The zero-order valence-electron chi connectivity index (χ0n) is 13.9. The Morgan fingerprint density at radius 2 is 1.67 bits per heavy atom. The summed E-state index contributed by atoms with van der Waals surface area (Å²) in [6, 6.07) is 4.40. The minimum atomic E-state index is 0.175. The number of ketones is 1. The Labute approximate surface area is 127 Å². The number of Topliss-reactive ketones (excluding diaryl/α,β-unsaturated/α-hetero) is 1. The molecule has 0 radical (unpaired) electrons. The molecule has 0 saturated carbocycles. The maximum absolute atomic E-state index is 12.0. The number of carbonyl (C=O) groups excluding carboxylic acids is 1. The average molecular weight is 284 g/mol. The molecule has 2 aromatic rings. The molecule has 0 fully saturated rings. The molecule has 1 aromatic carbocycles. The number of nitrogens with zero attached hydrogens (tertiary/aromatic N) is 2. The van der Waals surface area contributed by atoms with Crippen LogP contribution in [0.4, 0.5) is 0 Å². The van der Waals surface area contributed by atoms with E-state index in [0.29, 0.717) is 6.42 Å². The summed E-state index contributed by atoms with van der Waals surface area (Å²) < 4.78 is 1.96. The lowest BCUT2D eigenvalue weighted by atomic mass is 10.00. The molecule has 0 saturated heterocycles. The summed E-state index contributed by atoms with van der Waals surface area (Å²) in [5.74, 6) is 0.175. The van der Waals surface area contributed by atoms with Gasteiger partial charge < -0.3 is 0 Å². The number of hydrogen-bond donors (Lipinski definition) is 0. The van der Waals surface area contributed by atoms with Crippen LogP contribution in [0.25, 0.3) is 0 Å². The fourth-order valence-electron chi connectivity index (χ4n) is 3.04. The van der Waals surface area contributed by atoms with Gasteiger partial charge in [0, 0.05) is 12.1 Å². The monoisotopic (exact) mass is 284 g/mol. The Bertz CT molecular complexity index is 672. The first-order valence-corrected chi connectivity index (χ1v) is 7.49. The van der Waals surface area contributed by atoms with Crippen molar-refractivity contribution in [2.45, 2.75) is 54.5 Å². The maximum Gasteiger partial charge on any atom is 0.166 e. The quantitative estimate of drug-likeness (QED) is 0.793. The van der Waals surface area contributed by atoms with E-state index in [9.17, 15) is 4.79 Å². The fraction of sp³-hybridized carbons (Fsp3) is 0.444. The van der Waals surface area contributed by atoms with Crippen molar-refractivity contribution >= 4 is 5.78 Å². The van der Waals surface area contributed by atoms with Crippen molar-refractivity contribution in [1.29, 1.82) is 0 Å². The lowest BCUT2D eigenvalue weighted by Crippen LogP contribution is -2.08. The Hall–Kier alpha value is -1.90. The second-order valence-corrected chi connectivity index (χ2v) is 5.86. The molecular weight excluding hydrogens is 260 g/mol. The van der Waals surface area contributed by atoms with Crippen molar-refractivity contribution in [3.8, 4) is 0 Å². The second-order valence-electron chi connectivity index (χ2n) is 5.86. The normalized spacial score (nSPS) is 11.0. The molecule has 3 nitrogen and oxygen atoms in total. The van der Waals surface area contributed by atoms with Crippen molar-refractivity contribution in [1.82, 2.24) is 9.78 Å². The maximum atomic E-state index is 12.0. The van der Waals surface area contributed by atoms with Gasteiger partial charge in [0.15, 0.2) is 5.78 Å². The van der Waals surface area contributed by atoms with E-state index in [4.69, 9.17) is 0 Å². The van der Waals surface area contributed by atoms with Crippen LogP contribution in [0.3, 0.4) is 0 Å². The third-order valence-electron chi connectivity index (χ3n) is 4.13. The van der Waals surface area contributed by atoms with Gasteiger partial charge in [0.25, 0.3) is 0 Å². The molecule has 0 unspecified atom stereocenters. The van der Waals surface area contributed by atoms with Gasteiger partial charge in [0.05, 0.1) is 17.8 Å². The van der Waals surface area contributed by atoms with Crippen molar-refractivity contribution in [3.63, 3.8) is 0 Å². The van der Waals surface area contributed by atoms with Gasteiger partial charge in [0.2, 0.25) is 0 Å². The minimum absolute atomic E-state index is 0.175. The predicted octanol–water partition coefficient (Wildman–Crippen LogP) is 4.07. The molecule has 112 valence electrons. The number of hydrogen-bond acceptors (Lipinski definition) is 2. The minimum Gasteiger partial charge on any atom is -0.294 e. The van der Waals surface area contributed by atoms with Gasteiger partial charge in [-0.25, -0.2) is 0 Å². The summed E-state index contributed by atoms with van der Waals surface area (Å²) in [7, 11) is 0. The molecule has 1 heterocycles. The summed E-state index contributed by atoms with van der Waals surface area (Å²) in [5.41, 5.74) is 7.73. The van der Waals surface area contributed by atoms with Crippen LogP contribution in [0.1, 0.15) is 57.3 Å². The largest absolute Gasteiger partial charge is 0.294 e. The van der Waals surface area contributed by atoms with Gasteiger partial charge >= 0.3 is 0 Å². The zero-order valence-corrected chi connectivity index (χ0v) is 13.9. The number of carbonyl (C=O) groups is 1. The lowest BCUT2D eigenvalue weighted by Gasteiger charge is -2.13. The van der Waals surface area contributed by atoms with Crippen molar-refractivity contribution in [3.05, 3.63) is 51.3 Å².